The van der Waals surface area contributed by atoms with Gasteiger partial charge in [0.2, 0.25) is 5.91 Å². The summed E-state index contributed by atoms with van der Waals surface area (Å²) >= 11 is 5.81. The van der Waals surface area contributed by atoms with E-state index < -0.39 is 0 Å². The van der Waals surface area contributed by atoms with Gasteiger partial charge in [0.15, 0.2) is 6.61 Å². The van der Waals surface area contributed by atoms with Gasteiger partial charge >= 0.3 is 0 Å². The fourth-order valence-electron chi connectivity index (χ4n) is 2.09. The molecule has 0 spiro atoms. The number of benzene rings is 2. The van der Waals surface area contributed by atoms with Gasteiger partial charge in [-0.15, -0.1) is 0 Å². The van der Waals surface area contributed by atoms with Gasteiger partial charge in [0.25, 0.3) is 5.91 Å². The van der Waals surface area contributed by atoms with E-state index in [1.54, 1.807) is 36.4 Å². The largest absolute Gasteiger partial charge is 0.482 e. The Morgan fingerprint density at radius 2 is 2.00 bits per heavy atom. The van der Waals surface area contributed by atoms with Crippen LogP contribution in [0.5, 0.6) is 5.75 Å². The van der Waals surface area contributed by atoms with E-state index in [1.807, 2.05) is 12.1 Å². The highest BCUT2D eigenvalue weighted by molar-refractivity contribution is 6.30. The first kappa shape index (κ1) is 15.1. The standard InChI is InChI=1S/C17H13ClN2O3/c18-12-4-1-11(2-5-12)3-8-16(21)19-13-6-7-15-14(9-13)20-17(22)10-23-15/h1-9H,10H2,(H,19,21)(H,20,22)/b8-3+. The second-order valence-corrected chi connectivity index (χ2v) is 5.36. The normalized spacial score (nSPS) is 13.2. The molecule has 0 saturated carbocycles. The van der Waals surface area contributed by atoms with Gasteiger partial charge < -0.3 is 15.4 Å². The lowest BCUT2D eigenvalue weighted by atomic mass is 10.2. The van der Waals surface area contributed by atoms with Gasteiger partial charge in [-0.2, -0.15) is 0 Å². The topological polar surface area (TPSA) is 67.4 Å². The molecule has 0 unspecified atom stereocenters. The maximum absolute atomic E-state index is 11.9. The van der Waals surface area contributed by atoms with Crippen molar-refractivity contribution in [1.29, 1.82) is 0 Å². The molecule has 6 heteroatoms. The number of ether oxygens (including phenoxy) is 1. The van der Waals surface area contributed by atoms with E-state index >= 15 is 0 Å². The van der Waals surface area contributed by atoms with Crippen molar-refractivity contribution in [3.63, 3.8) is 0 Å². The highest BCUT2D eigenvalue weighted by atomic mass is 35.5. The molecule has 1 aliphatic heterocycles. The van der Waals surface area contributed by atoms with Crippen LogP contribution in [0.1, 0.15) is 5.56 Å². The molecule has 23 heavy (non-hydrogen) atoms. The van der Waals surface area contributed by atoms with Crippen LogP contribution in [0.4, 0.5) is 11.4 Å². The number of carbonyl (C=O) groups is 2. The SMILES string of the molecule is O=C(/C=C/c1ccc(Cl)cc1)Nc1ccc2c(c1)NC(=O)CO2. The minimum absolute atomic E-state index is 0.00252. The third-order valence-corrected chi connectivity index (χ3v) is 3.43. The van der Waals surface area contributed by atoms with Gasteiger partial charge in [-0.3, -0.25) is 9.59 Å². The van der Waals surface area contributed by atoms with Crippen LogP contribution < -0.4 is 15.4 Å². The smallest absolute Gasteiger partial charge is 0.262 e. The molecule has 0 radical (unpaired) electrons. The number of carbonyl (C=O) groups excluding carboxylic acids is 2. The van der Waals surface area contributed by atoms with Crippen molar-refractivity contribution < 1.29 is 14.3 Å². The molecule has 1 heterocycles. The van der Waals surface area contributed by atoms with Crippen molar-refractivity contribution in [2.75, 3.05) is 17.2 Å². The predicted octanol–water partition coefficient (Wildman–Crippen LogP) is 3.32. The Kier molecular flexibility index (Phi) is 4.30. The average Bonchev–Trinajstić information content (AvgIpc) is 2.54. The van der Waals surface area contributed by atoms with Crippen molar-refractivity contribution in [3.05, 3.63) is 59.1 Å². The van der Waals surface area contributed by atoms with E-state index in [-0.39, 0.29) is 18.4 Å². The van der Waals surface area contributed by atoms with Crippen LogP contribution in [0.3, 0.4) is 0 Å². The van der Waals surface area contributed by atoms with Gasteiger partial charge in [-0.25, -0.2) is 0 Å². The Hall–Kier alpha value is -2.79. The second kappa shape index (κ2) is 6.54. The molecular formula is C17H13ClN2O3. The first-order valence-electron chi connectivity index (χ1n) is 6.91. The Morgan fingerprint density at radius 1 is 1.22 bits per heavy atom. The van der Waals surface area contributed by atoms with Gasteiger partial charge in [-0.05, 0) is 42.0 Å². The number of amides is 2. The molecule has 0 bridgehead atoms. The Balaban J connectivity index is 1.67. The molecule has 2 N–H and O–H groups in total. The lowest BCUT2D eigenvalue weighted by Crippen LogP contribution is -2.25. The molecule has 2 amide bonds. The minimum Gasteiger partial charge on any atom is -0.482 e. The van der Waals surface area contributed by atoms with Crippen molar-refractivity contribution in [3.8, 4) is 5.75 Å². The highest BCUT2D eigenvalue weighted by Crippen LogP contribution is 2.30. The van der Waals surface area contributed by atoms with E-state index in [2.05, 4.69) is 10.6 Å². The molecule has 0 saturated heterocycles. The summed E-state index contributed by atoms with van der Waals surface area (Å²) in [7, 11) is 0. The zero-order valence-corrected chi connectivity index (χ0v) is 12.8. The van der Waals surface area contributed by atoms with E-state index in [1.165, 1.54) is 6.08 Å². The van der Waals surface area contributed by atoms with Crippen molar-refractivity contribution in [2.45, 2.75) is 0 Å². The summed E-state index contributed by atoms with van der Waals surface area (Å²) in [5, 5.41) is 6.06. The van der Waals surface area contributed by atoms with Crippen LogP contribution in [-0.2, 0) is 9.59 Å². The average molecular weight is 329 g/mol. The van der Waals surface area contributed by atoms with Crippen molar-refractivity contribution in [2.24, 2.45) is 0 Å². The van der Waals surface area contributed by atoms with Crippen LogP contribution in [0.25, 0.3) is 6.08 Å². The third-order valence-electron chi connectivity index (χ3n) is 3.18. The molecule has 0 fully saturated rings. The van der Waals surface area contributed by atoms with Crippen LogP contribution in [0, 0.1) is 0 Å². The number of hydrogen-bond donors (Lipinski definition) is 2. The summed E-state index contributed by atoms with van der Waals surface area (Å²) in [4.78, 5) is 23.2. The van der Waals surface area contributed by atoms with Gasteiger partial charge in [0.1, 0.15) is 5.75 Å². The van der Waals surface area contributed by atoms with Gasteiger partial charge in [0.05, 0.1) is 5.69 Å². The summed E-state index contributed by atoms with van der Waals surface area (Å²) in [6.07, 6.45) is 3.12. The molecule has 116 valence electrons. The molecule has 2 aromatic rings. The maximum Gasteiger partial charge on any atom is 0.262 e. The first-order chi connectivity index (χ1) is 11.1. The highest BCUT2D eigenvalue weighted by Gasteiger charge is 2.16. The van der Waals surface area contributed by atoms with Crippen LogP contribution in [0.2, 0.25) is 5.02 Å². The number of halogens is 1. The zero-order chi connectivity index (χ0) is 16.2. The first-order valence-corrected chi connectivity index (χ1v) is 7.29. The van der Waals surface area contributed by atoms with E-state index in [0.717, 1.165) is 5.56 Å². The van der Waals surface area contributed by atoms with E-state index in [4.69, 9.17) is 16.3 Å². The summed E-state index contributed by atoms with van der Waals surface area (Å²) in [6, 6.07) is 12.2. The Labute approximate surface area is 137 Å². The maximum atomic E-state index is 11.9. The fourth-order valence-corrected chi connectivity index (χ4v) is 2.22. The molecule has 0 atom stereocenters. The van der Waals surface area contributed by atoms with Gasteiger partial charge in [0, 0.05) is 16.8 Å². The molecule has 5 nitrogen and oxygen atoms in total. The Bertz CT molecular complexity index is 785. The quantitative estimate of drug-likeness (QED) is 0.849. The molecule has 0 aliphatic carbocycles. The zero-order valence-electron chi connectivity index (χ0n) is 12.0. The van der Waals surface area contributed by atoms with Crippen LogP contribution >= 0.6 is 11.6 Å². The second-order valence-electron chi connectivity index (χ2n) is 4.92. The third kappa shape index (κ3) is 3.90. The van der Waals surface area contributed by atoms with Crippen LogP contribution in [0.15, 0.2) is 48.5 Å². The summed E-state index contributed by atoms with van der Waals surface area (Å²) in [6.45, 7) is 0.00252. The lowest BCUT2D eigenvalue weighted by molar-refractivity contribution is -0.118. The number of anilines is 2. The van der Waals surface area contributed by atoms with E-state index in [0.29, 0.717) is 22.1 Å². The van der Waals surface area contributed by atoms with Crippen LogP contribution in [-0.4, -0.2) is 18.4 Å². The lowest BCUT2D eigenvalue weighted by Gasteiger charge is -2.18. The fraction of sp³-hybridized carbons (Fsp3) is 0.0588. The molecule has 1 aliphatic rings. The van der Waals surface area contributed by atoms with Crippen molar-refractivity contribution in [1.82, 2.24) is 0 Å². The monoisotopic (exact) mass is 328 g/mol. The predicted molar refractivity (Wildman–Crippen MR) is 89.7 cm³/mol. The summed E-state index contributed by atoms with van der Waals surface area (Å²) in [5.41, 5.74) is 1.98. The molecule has 0 aromatic heterocycles. The molecule has 2 aromatic carbocycles. The summed E-state index contributed by atoms with van der Waals surface area (Å²) < 4.78 is 5.26. The number of rotatable bonds is 3. The molecular weight excluding hydrogens is 316 g/mol. The summed E-state index contributed by atoms with van der Waals surface area (Å²) in [5.74, 6) is 0.0888. The number of hydrogen-bond acceptors (Lipinski definition) is 3. The number of nitrogens with one attached hydrogen (secondary N) is 2. The Morgan fingerprint density at radius 3 is 2.78 bits per heavy atom. The number of fused-ring (bicyclic) bond motifs is 1. The van der Waals surface area contributed by atoms with Crippen molar-refractivity contribution >= 4 is 40.9 Å². The van der Waals surface area contributed by atoms with E-state index in [9.17, 15) is 9.59 Å². The minimum atomic E-state index is -0.275. The van der Waals surface area contributed by atoms with Gasteiger partial charge in [-0.1, -0.05) is 23.7 Å². The molecule has 3 rings (SSSR count).